The maximum absolute atomic E-state index is 13.4. The fourth-order valence-electron chi connectivity index (χ4n) is 3.44. The number of nitrogens with zero attached hydrogens (tertiary/aromatic N) is 2. The number of ether oxygens (including phenoxy) is 2. The molecule has 1 aliphatic heterocycles. The normalized spacial score (nSPS) is 14.7. The first-order valence-electron chi connectivity index (χ1n) is 9.73. The Kier molecular flexibility index (Phi) is 5.45. The number of benzene rings is 3. The van der Waals surface area contributed by atoms with Crippen LogP contribution in [0, 0.1) is 6.92 Å². The first-order valence-corrected chi connectivity index (χ1v) is 9.73. The number of amides is 1. The van der Waals surface area contributed by atoms with Crippen LogP contribution in [0.4, 0.5) is 5.69 Å². The summed E-state index contributed by atoms with van der Waals surface area (Å²) >= 11 is 0. The molecular weight excluding hydrogens is 392 g/mol. The van der Waals surface area contributed by atoms with Gasteiger partial charge < -0.3 is 14.6 Å². The molecular formula is C25H22N2O4. The lowest BCUT2D eigenvalue weighted by Crippen LogP contribution is -2.32. The van der Waals surface area contributed by atoms with E-state index in [9.17, 15) is 9.90 Å². The van der Waals surface area contributed by atoms with E-state index in [0.717, 1.165) is 16.7 Å². The van der Waals surface area contributed by atoms with Gasteiger partial charge in [-0.15, -0.1) is 0 Å². The molecule has 0 spiro atoms. The van der Waals surface area contributed by atoms with Gasteiger partial charge in [0, 0.05) is 5.56 Å². The number of carbonyl (C=O) groups is 1. The third-order valence-electron chi connectivity index (χ3n) is 4.96. The SMILES string of the molecule is COc1ccc(C=C2N=C(c3cccc(C)c3)N(c3ccc(O)cc3)C2=O)cc1OC. The van der Waals surface area contributed by atoms with Crippen molar-refractivity contribution in [3.8, 4) is 17.2 Å². The fraction of sp³-hybridized carbons (Fsp3) is 0.120. The fourth-order valence-corrected chi connectivity index (χ4v) is 3.44. The van der Waals surface area contributed by atoms with Crippen LogP contribution in [0.5, 0.6) is 17.2 Å². The van der Waals surface area contributed by atoms with Crippen LogP contribution >= 0.6 is 0 Å². The molecule has 1 aliphatic rings. The minimum Gasteiger partial charge on any atom is -0.508 e. The number of phenols is 1. The van der Waals surface area contributed by atoms with Gasteiger partial charge in [0.05, 0.1) is 19.9 Å². The zero-order chi connectivity index (χ0) is 22.0. The predicted molar refractivity (Wildman–Crippen MR) is 121 cm³/mol. The second-order valence-corrected chi connectivity index (χ2v) is 7.11. The summed E-state index contributed by atoms with van der Waals surface area (Å²) in [6.07, 6.45) is 1.72. The number of methoxy groups -OCH3 is 2. The number of hydrogen-bond donors (Lipinski definition) is 1. The lowest BCUT2D eigenvalue weighted by Gasteiger charge is -2.18. The Bertz CT molecular complexity index is 1200. The summed E-state index contributed by atoms with van der Waals surface area (Å²) in [5, 5.41) is 9.66. The number of amidine groups is 1. The number of anilines is 1. The van der Waals surface area contributed by atoms with E-state index < -0.39 is 0 Å². The van der Waals surface area contributed by atoms with Gasteiger partial charge in [0.25, 0.3) is 5.91 Å². The van der Waals surface area contributed by atoms with Gasteiger partial charge in [-0.2, -0.15) is 0 Å². The van der Waals surface area contributed by atoms with Gasteiger partial charge in [0.15, 0.2) is 11.5 Å². The molecule has 4 rings (SSSR count). The average molecular weight is 414 g/mol. The Morgan fingerprint density at radius 3 is 2.35 bits per heavy atom. The zero-order valence-electron chi connectivity index (χ0n) is 17.5. The van der Waals surface area contributed by atoms with E-state index in [4.69, 9.17) is 9.47 Å². The molecule has 3 aromatic rings. The highest BCUT2D eigenvalue weighted by Crippen LogP contribution is 2.32. The third-order valence-corrected chi connectivity index (χ3v) is 4.96. The van der Waals surface area contributed by atoms with Crippen molar-refractivity contribution in [2.24, 2.45) is 4.99 Å². The third kappa shape index (κ3) is 4.00. The Morgan fingerprint density at radius 1 is 0.935 bits per heavy atom. The lowest BCUT2D eigenvalue weighted by molar-refractivity contribution is -0.113. The smallest absolute Gasteiger partial charge is 0.282 e. The lowest BCUT2D eigenvalue weighted by atomic mass is 10.1. The Morgan fingerprint density at radius 2 is 1.68 bits per heavy atom. The van der Waals surface area contributed by atoms with E-state index in [1.54, 1.807) is 61.6 Å². The molecule has 6 nitrogen and oxygen atoms in total. The molecule has 0 fully saturated rings. The number of rotatable bonds is 5. The zero-order valence-corrected chi connectivity index (χ0v) is 17.5. The summed E-state index contributed by atoms with van der Waals surface area (Å²) in [4.78, 5) is 19.6. The minimum absolute atomic E-state index is 0.130. The quantitative estimate of drug-likeness (QED) is 0.622. The van der Waals surface area contributed by atoms with E-state index in [2.05, 4.69) is 4.99 Å². The van der Waals surface area contributed by atoms with Crippen LogP contribution in [-0.4, -0.2) is 31.1 Å². The number of aromatic hydroxyl groups is 1. The van der Waals surface area contributed by atoms with Gasteiger partial charge in [-0.25, -0.2) is 4.99 Å². The van der Waals surface area contributed by atoms with Crippen molar-refractivity contribution in [3.63, 3.8) is 0 Å². The van der Waals surface area contributed by atoms with E-state index in [0.29, 0.717) is 28.7 Å². The van der Waals surface area contributed by atoms with Crippen molar-refractivity contribution in [2.45, 2.75) is 6.92 Å². The maximum atomic E-state index is 13.4. The molecule has 0 unspecified atom stereocenters. The Labute approximate surface area is 180 Å². The van der Waals surface area contributed by atoms with Crippen molar-refractivity contribution < 1.29 is 19.4 Å². The Balaban J connectivity index is 1.81. The molecule has 1 N–H and O–H groups in total. The molecule has 0 bridgehead atoms. The van der Waals surface area contributed by atoms with E-state index in [1.807, 2.05) is 37.3 Å². The number of phenolic OH excluding ortho intramolecular Hbond substituents is 1. The summed E-state index contributed by atoms with van der Waals surface area (Å²) in [6, 6.07) is 19.7. The highest BCUT2D eigenvalue weighted by Gasteiger charge is 2.32. The van der Waals surface area contributed by atoms with Crippen molar-refractivity contribution in [2.75, 3.05) is 19.1 Å². The summed E-state index contributed by atoms with van der Waals surface area (Å²) < 4.78 is 10.6. The molecule has 3 aromatic carbocycles. The van der Waals surface area contributed by atoms with Gasteiger partial charge in [0.1, 0.15) is 17.3 Å². The van der Waals surface area contributed by atoms with Gasteiger partial charge >= 0.3 is 0 Å². The summed E-state index contributed by atoms with van der Waals surface area (Å²) in [6.45, 7) is 1.99. The van der Waals surface area contributed by atoms with Gasteiger partial charge in [-0.3, -0.25) is 9.69 Å². The predicted octanol–water partition coefficient (Wildman–Crippen LogP) is 4.55. The van der Waals surface area contributed by atoms with Crippen LogP contribution in [0.1, 0.15) is 16.7 Å². The standard InChI is InChI=1S/C25H22N2O4/c1-16-5-4-6-18(13-16)24-26-21(14-17-7-12-22(30-2)23(15-17)31-3)25(29)27(24)19-8-10-20(28)11-9-19/h4-15,28H,1-3H3. The van der Waals surface area contributed by atoms with Crippen molar-refractivity contribution in [1.82, 2.24) is 0 Å². The first-order chi connectivity index (χ1) is 15.0. The minimum atomic E-state index is -0.253. The summed E-state index contributed by atoms with van der Waals surface area (Å²) in [5.74, 6) is 1.59. The molecule has 31 heavy (non-hydrogen) atoms. The van der Waals surface area contributed by atoms with Gasteiger partial charge in [-0.1, -0.05) is 29.8 Å². The first kappa shape index (κ1) is 20.2. The van der Waals surface area contributed by atoms with Crippen molar-refractivity contribution in [1.29, 1.82) is 0 Å². The van der Waals surface area contributed by atoms with Crippen LogP contribution < -0.4 is 14.4 Å². The molecule has 0 aromatic heterocycles. The van der Waals surface area contributed by atoms with Crippen LogP contribution in [0.15, 0.2) is 77.4 Å². The highest BCUT2D eigenvalue weighted by molar-refractivity contribution is 6.33. The molecule has 0 atom stereocenters. The van der Waals surface area contributed by atoms with E-state index in [-0.39, 0.29) is 11.7 Å². The van der Waals surface area contributed by atoms with Gasteiger partial charge in [0.2, 0.25) is 0 Å². The van der Waals surface area contributed by atoms with E-state index in [1.165, 1.54) is 0 Å². The topological polar surface area (TPSA) is 71.4 Å². The number of aryl methyl sites for hydroxylation is 1. The second-order valence-electron chi connectivity index (χ2n) is 7.11. The number of carbonyl (C=O) groups excluding carboxylic acids is 1. The maximum Gasteiger partial charge on any atom is 0.282 e. The molecule has 6 heteroatoms. The molecule has 0 saturated carbocycles. The van der Waals surface area contributed by atoms with Crippen molar-refractivity contribution in [3.05, 3.63) is 89.1 Å². The Hall–Kier alpha value is -4.06. The molecule has 156 valence electrons. The molecule has 0 aliphatic carbocycles. The van der Waals surface area contributed by atoms with Crippen LogP contribution in [0.2, 0.25) is 0 Å². The van der Waals surface area contributed by atoms with Crippen LogP contribution in [0.25, 0.3) is 6.08 Å². The van der Waals surface area contributed by atoms with Crippen molar-refractivity contribution >= 4 is 23.5 Å². The van der Waals surface area contributed by atoms with Crippen LogP contribution in [0.3, 0.4) is 0 Å². The average Bonchev–Trinajstić information content (AvgIpc) is 3.10. The summed E-state index contributed by atoms with van der Waals surface area (Å²) in [5.41, 5.74) is 3.59. The number of hydrogen-bond acceptors (Lipinski definition) is 5. The molecule has 0 radical (unpaired) electrons. The number of aliphatic imine (C=N–C) groups is 1. The summed E-state index contributed by atoms with van der Waals surface area (Å²) in [7, 11) is 3.14. The monoisotopic (exact) mass is 414 g/mol. The van der Waals surface area contributed by atoms with Crippen LogP contribution in [-0.2, 0) is 4.79 Å². The largest absolute Gasteiger partial charge is 0.508 e. The second kappa shape index (κ2) is 8.36. The molecule has 1 heterocycles. The van der Waals surface area contributed by atoms with Gasteiger partial charge in [-0.05, 0) is 61.0 Å². The van der Waals surface area contributed by atoms with E-state index >= 15 is 0 Å². The molecule has 1 amide bonds. The highest BCUT2D eigenvalue weighted by atomic mass is 16.5. The molecule has 0 saturated heterocycles.